The van der Waals surface area contributed by atoms with Crippen LogP contribution in [0.3, 0.4) is 0 Å². The Morgan fingerprint density at radius 1 is 1.21 bits per heavy atom. The molecule has 0 aliphatic rings. The van der Waals surface area contributed by atoms with Crippen molar-refractivity contribution in [1.82, 2.24) is 19.6 Å². The van der Waals surface area contributed by atoms with Crippen molar-refractivity contribution in [2.75, 3.05) is 12.4 Å². The Bertz CT molecular complexity index is 1300. The van der Waals surface area contributed by atoms with Crippen LogP contribution in [0.15, 0.2) is 58.7 Å². The van der Waals surface area contributed by atoms with Gasteiger partial charge in [-0.3, -0.25) is 10.1 Å². The molecule has 9 heteroatoms. The third kappa shape index (κ3) is 2.78. The van der Waals surface area contributed by atoms with Crippen LogP contribution < -0.4 is 10.1 Å². The van der Waals surface area contributed by atoms with Gasteiger partial charge in [0.1, 0.15) is 11.3 Å². The van der Waals surface area contributed by atoms with E-state index in [2.05, 4.69) is 20.4 Å². The summed E-state index contributed by atoms with van der Waals surface area (Å²) in [6.45, 7) is 0. The second-order valence-electron chi connectivity index (χ2n) is 5.97. The summed E-state index contributed by atoms with van der Waals surface area (Å²) in [7, 11) is 1.63. The number of amides is 1. The highest BCUT2D eigenvalue weighted by molar-refractivity contribution is 7.15. The average Bonchev–Trinajstić information content (AvgIpc) is 3.43. The first-order valence-electron chi connectivity index (χ1n) is 8.34. The van der Waals surface area contributed by atoms with Gasteiger partial charge in [-0.2, -0.15) is 4.98 Å². The van der Waals surface area contributed by atoms with E-state index in [1.807, 2.05) is 29.6 Å². The Morgan fingerprint density at radius 3 is 2.89 bits per heavy atom. The van der Waals surface area contributed by atoms with E-state index in [1.54, 1.807) is 29.8 Å². The average molecular weight is 391 g/mol. The molecule has 0 radical (unpaired) electrons. The molecule has 0 aliphatic heterocycles. The first-order chi connectivity index (χ1) is 13.7. The van der Waals surface area contributed by atoms with E-state index in [9.17, 15) is 4.79 Å². The second kappa shape index (κ2) is 6.46. The largest absolute Gasteiger partial charge is 0.497 e. The number of carbonyl (C=O) groups excluding carboxylic acids is 1. The molecular weight excluding hydrogens is 378 g/mol. The fraction of sp³-hybridized carbons (Fsp3) is 0.0526. The molecule has 28 heavy (non-hydrogen) atoms. The fourth-order valence-corrected chi connectivity index (χ4v) is 3.70. The number of benzene rings is 2. The number of aromatic nitrogens is 4. The molecule has 0 unspecified atom stereocenters. The van der Waals surface area contributed by atoms with Gasteiger partial charge in [-0.1, -0.05) is 0 Å². The van der Waals surface area contributed by atoms with Crippen LogP contribution >= 0.6 is 11.3 Å². The molecule has 1 amide bonds. The molecule has 3 aromatic heterocycles. The van der Waals surface area contributed by atoms with Crippen LogP contribution in [0, 0.1) is 0 Å². The van der Waals surface area contributed by atoms with Crippen molar-refractivity contribution < 1.29 is 13.9 Å². The minimum absolute atomic E-state index is 0.242. The highest BCUT2D eigenvalue weighted by Crippen LogP contribution is 2.27. The fourth-order valence-electron chi connectivity index (χ4n) is 2.87. The standard InChI is InChI=1S/C19H13N5O3S/c1-26-13-5-2-11(3-6-13)15-9-28-19-22-18(23-24(15)19)21-17(25)12-4-7-16-14(8-12)20-10-27-16/h2-10H,1H3,(H,21,23,25). The van der Waals surface area contributed by atoms with Crippen LogP contribution in [-0.2, 0) is 0 Å². The van der Waals surface area contributed by atoms with Gasteiger partial charge in [0.2, 0.25) is 4.96 Å². The van der Waals surface area contributed by atoms with Crippen LogP contribution in [0.2, 0.25) is 0 Å². The molecule has 0 saturated carbocycles. The van der Waals surface area contributed by atoms with E-state index in [1.165, 1.54) is 17.7 Å². The molecular formula is C19H13N5O3S. The molecule has 0 bridgehead atoms. The smallest absolute Gasteiger partial charge is 0.258 e. The zero-order chi connectivity index (χ0) is 19.1. The highest BCUT2D eigenvalue weighted by Gasteiger charge is 2.15. The lowest BCUT2D eigenvalue weighted by Gasteiger charge is -2.02. The van der Waals surface area contributed by atoms with E-state index in [0.29, 0.717) is 21.6 Å². The molecule has 2 aromatic carbocycles. The molecule has 5 rings (SSSR count). The zero-order valence-corrected chi connectivity index (χ0v) is 15.4. The topological polar surface area (TPSA) is 94.5 Å². The molecule has 0 saturated heterocycles. The molecule has 3 heterocycles. The van der Waals surface area contributed by atoms with Crippen molar-refractivity contribution in [2.45, 2.75) is 0 Å². The van der Waals surface area contributed by atoms with Crippen LogP contribution in [0.1, 0.15) is 10.4 Å². The number of fused-ring (bicyclic) bond motifs is 2. The quantitative estimate of drug-likeness (QED) is 0.500. The van der Waals surface area contributed by atoms with Crippen molar-refractivity contribution >= 4 is 39.3 Å². The Kier molecular flexibility index (Phi) is 3.80. The van der Waals surface area contributed by atoms with Crippen LogP contribution in [0.4, 0.5) is 5.95 Å². The molecule has 0 atom stereocenters. The molecule has 8 nitrogen and oxygen atoms in total. The van der Waals surface area contributed by atoms with Gasteiger partial charge in [0.05, 0.1) is 12.8 Å². The summed E-state index contributed by atoms with van der Waals surface area (Å²) in [5.74, 6) is 0.715. The number of rotatable bonds is 4. The Hall–Kier alpha value is -3.72. The molecule has 0 fully saturated rings. The Balaban J connectivity index is 1.43. The maximum Gasteiger partial charge on any atom is 0.258 e. The minimum atomic E-state index is -0.311. The second-order valence-corrected chi connectivity index (χ2v) is 6.80. The predicted octanol–water partition coefficient (Wildman–Crippen LogP) is 3.86. The van der Waals surface area contributed by atoms with Gasteiger partial charge >= 0.3 is 0 Å². The minimum Gasteiger partial charge on any atom is -0.497 e. The van der Waals surface area contributed by atoms with Crippen LogP contribution in [0.5, 0.6) is 5.75 Å². The molecule has 0 spiro atoms. The summed E-state index contributed by atoms with van der Waals surface area (Å²) in [6, 6.07) is 12.7. The van der Waals surface area contributed by atoms with E-state index >= 15 is 0 Å². The van der Waals surface area contributed by atoms with E-state index in [-0.39, 0.29) is 11.9 Å². The van der Waals surface area contributed by atoms with Gasteiger partial charge in [0, 0.05) is 16.5 Å². The normalized spacial score (nSPS) is 11.2. The number of methoxy groups -OCH3 is 1. The van der Waals surface area contributed by atoms with Gasteiger partial charge in [0.25, 0.3) is 11.9 Å². The van der Waals surface area contributed by atoms with Gasteiger partial charge in [-0.15, -0.1) is 16.4 Å². The Labute approximate surface area is 162 Å². The SMILES string of the molecule is COc1ccc(-c2csc3nc(NC(=O)c4ccc5ocnc5c4)nn23)cc1. The van der Waals surface area contributed by atoms with Crippen molar-refractivity contribution in [2.24, 2.45) is 0 Å². The van der Waals surface area contributed by atoms with E-state index in [0.717, 1.165) is 17.0 Å². The van der Waals surface area contributed by atoms with Gasteiger partial charge in [0.15, 0.2) is 12.0 Å². The Morgan fingerprint density at radius 2 is 2.07 bits per heavy atom. The van der Waals surface area contributed by atoms with Crippen molar-refractivity contribution in [3.05, 3.63) is 59.8 Å². The molecule has 138 valence electrons. The number of nitrogens with one attached hydrogen (secondary N) is 1. The number of oxazole rings is 1. The number of ether oxygens (including phenoxy) is 1. The van der Waals surface area contributed by atoms with Crippen LogP contribution in [-0.4, -0.2) is 32.6 Å². The zero-order valence-electron chi connectivity index (χ0n) is 14.6. The number of thiazole rings is 1. The lowest BCUT2D eigenvalue weighted by atomic mass is 10.2. The van der Waals surface area contributed by atoms with E-state index < -0.39 is 0 Å². The number of hydrogen-bond donors (Lipinski definition) is 1. The summed E-state index contributed by atoms with van der Waals surface area (Å²) >= 11 is 1.45. The van der Waals surface area contributed by atoms with E-state index in [4.69, 9.17) is 9.15 Å². The number of anilines is 1. The lowest BCUT2D eigenvalue weighted by Crippen LogP contribution is -2.13. The number of hydrogen-bond acceptors (Lipinski definition) is 7. The van der Waals surface area contributed by atoms with Crippen molar-refractivity contribution in [3.8, 4) is 17.0 Å². The summed E-state index contributed by atoms with van der Waals surface area (Å²) in [5, 5.41) is 9.14. The molecule has 0 aliphatic carbocycles. The van der Waals surface area contributed by atoms with Crippen molar-refractivity contribution in [1.29, 1.82) is 0 Å². The number of carbonyl (C=O) groups is 1. The molecule has 5 aromatic rings. The third-order valence-electron chi connectivity index (χ3n) is 4.29. The van der Waals surface area contributed by atoms with Gasteiger partial charge < -0.3 is 9.15 Å². The summed E-state index contributed by atoms with van der Waals surface area (Å²) < 4.78 is 12.1. The summed E-state index contributed by atoms with van der Waals surface area (Å²) in [6.07, 6.45) is 1.35. The third-order valence-corrected chi connectivity index (χ3v) is 5.10. The number of nitrogens with zero attached hydrogens (tertiary/aromatic N) is 4. The maximum atomic E-state index is 12.5. The highest BCUT2D eigenvalue weighted by atomic mass is 32.1. The predicted molar refractivity (Wildman–Crippen MR) is 105 cm³/mol. The first kappa shape index (κ1) is 16.5. The lowest BCUT2D eigenvalue weighted by molar-refractivity contribution is 0.102. The van der Waals surface area contributed by atoms with Crippen LogP contribution in [0.25, 0.3) is 27.3 Å². The van der Waals surface area contributed by atoms with Gasteiger partial charge in [-0.05, 0) is 42.5 Å². The first-order valence-corrected chi connectivity index (χ1v) is 9.22. The summed E-state index contributed by atoms with van der Waals surface area (Å²) in [5.41, 5.74) is 3.57. The summed E-state index contributed by atoms with van der Waals surface area (Å²) in [4.78, 5) is 21.7. The maximum absolute atomic E-state index is 12.5. The van der Waals surface area contributed by atoms with Gasteiger partial charge in [-0.25, -0.2) is 9.50 Å². The van der Waals surface area contributed by atoms with Crippen molar-refractivity contribution in [3.63, 3.8) is 0 Å². The monoisotopic (exact) mass is 391 g/mol. The molecule has 1 N–H and O–H groups in total.